The van der Waals surface area contributed by atoms with Crippen molar-refractivity contribution >= 4 is 11.5 Å². The molecule has 1 fully saturated rings. The lowest BCUT2D eigenvalue weighted by molar-refractivity contribution is -0.0193. The number of aryl methyl sites for hydroxylation is 1. The van der Waals surface area contributed by atoms with Gasteiger partial charge in [-0.15, -0.1) is 0 Å². The third-order valence-electron chi connectivity index (χ3n) is 6.10. The maximum atomic E-state index is 13.3. The van der Waals surface area contributed by atoms with E-state index in [9.17, 15) is 9.90 Å². The van der Waals surface area contributed by atoms with Crippen LogP contribution in [0.25, 0.3) is 0 Å². The predicted octanol–water partition coefficient (Wildman–Crippen LogP) is 3.98. The lowest BCUT2D eigenvalue weighted by Gasteiger charge is -2.41. The van der Waals surface area contributed by atoms with Crippen LogP contribution in [-0.2, 0) is 4.74 Å². The first-order valence-electron chi connectivity index (χ1n) is 10.5. The van der Waals surface area contributed by atoms with E-state index in [1.165, 1.54) is 0 Å². The van der Waals surface area contributed by atoms with Gasteiger partial charge in [0.1, 0.15) is 35.0 Å². The normalized spacial score (nSPS) is 23.6. The number of ketones is 1. The minimum absolute atomic E-state index is 0.0284. The van der Waals surface area contributed by atoms with Crippen LogP contribution in [0.5, 0.6) is 17.2 Å². The van der Waals surface area contributed by atoms with Crippen molar-refractivity contribution in [2.45, 2.75) is 32.8 Å². The summed E-state index contributed by atoms with van der Waals surface area (Å²) in [6, 6.07) is 11.3. The van der Waals surface area contributed by atoms with Crippen molar-refractivity contribution in [3.8, 4) is 17.2 Å². The quantitative estimate of drug-likeness (QED) is 0.803. The van der Waals surface area contributed by atoms with Crippen LogP contribution in [0.2, 0.25) is 0 Å². The molecule has 0 spiro atoms. The van der Waals surface area contributed by atoms with E-state index < -0.39 is 11.5 Å². The first-order valence-corrected chi connectivity index (χ1v) is 10.5. The molecule has 0 amide bonds. The zero-order valence-corrected chi connectivity index (χ0v) is 17.8. The molecule has 0 bridgehead atoms. The van der Waals surface area contributed by atoms with E-state index in [1.54, 1.807) is 6.07 Å². The summed E-state index contributed by atoms with van der Waals surface area (Å²) in [6.07, 6.45) is 0.594. The Morgan fingerprint density at radius 2 is 1.97 bits per heavy atom. The number of carbonyl (C=O) groups excluding carboxylic acids is 1. The number of fused-ring (bicyclic) bond motifs is 1. The van der Waals surface area contributed by atoms with E-state index in [0.717, 1.165) is 30.1 Å². The number of Topliss-reactive ketones (excluding diaryl/α,β-unsaturated/α-hetero) is 1. The lowest BCUT2D eigenvalue weighted by atomic mass is 9.78. The molecule has 0 saturated carbocycles. The number of hydrogen-bond acceptors (Lipinski definition) is 6. The van der Waals surface area contributed by atoms with Gasteiger partial charge in [0.15, 0.2) is 5.78 Å². The van der Waals surface area contributed by atoms with Crippen molar-refractivity contribution in [2.75, 3.05) is 37.8 Å². The minimum Gasteiger partial charge on any atom is -0.507 e. The van der Waals surface area contributed by atoms with Crippen LogP contribution in [0.15, 0.2) is 36.4 Å². The van der Waals surface area contributed by atoms with Crippen LogP contribution in [0.3, 0.4) is 0 Å². The number of benzene rings is 2. The van der Waals surface area contributed by atoms with Gasteiger partial charge in [0.2, 0.25) is 0 Å². The molecule has 2 aliphatic rings. The van der Waals surface area contributed by atoms with E-state index in [-0.39, 0.29) is 23.7 Å². The molecule has 1 N–H and O–H groups in total. The van der Waals surface area contributed by atoms with Gasteiger partial charge in [0.25, 0.3) is 0 Å². The first-order chi connectivity index (χ1) is 14.4. The van der Waals surface area contributed by atoms with Crippen molar-refractivity contribution in [1.82, 2.24) is 0 Å². The summed E-state index contributed by atoms with van der Waals surface area (Å²) in [5.74, 6) is 0.663. The maximum Gasteiger partial charge on any atom is 0.177 e. The Hall–Kier alpha value is -2.73. The van der Waals surface area contributed by atoms with Crippen LogP contribution < -0.4 is 14.4 Å². The highest BCUT2D eigenvalue weighted by molar-refractivity contribution is 6.05. The third kappa shape index (κ3) is 3.72. The van der Waals surface area contributed by atoms with Crippen LogP contribution in [0.1, 0.15) is 36.2 Å². The fourth-order valence-electron chi connectivity index (χ4n) is 4.38. The van der Waals surface area contributed by atoms with Gasteiger partial charge >= 0.3 is 0 Å². The number of rotatable bonds is 5. The summed E-state index contributed by atoms with van der Waals surface area (Å²) in [4.78, 5) is 15.5. The Labute approximate surface area is 177 Å². The van der Waals surface area contributed by atoms with E-state index in [0.29, 0.717) is 25.4 Å². The number of nitrogens with zero attached hydrogens (tertiary/aromatic N) is 1. The van der Waals surface area contributed by atoms with Crippen molar-refractivity contribution in [1.29, 1.82) is 0 Å². The standard InChI is InChI=1S/C24H29NO5/c1-4-18-23(27)22-19(26)13-17(25-9-11-28-12-10-25)14-21(22)30-24(18,3)15-29-20-8-6-5-7-16(20)2/h5-8,13-14,18,26H,4,9-12,15H2,1-3H3. The van der Waals surface area contributed by atoms with Crippen molar-refractivity contribution in [3.63, 3.8) is 0 Å². The van der Waals surface area contributed by atoms with Gasteiger partial charge in [-0.25, -0.2) is 0 Å². The molecule has 0 aliphatic carbocycles. The van der Waals surface area contributed by atoms with Crippen LogP contribution >= 0.6 is 0 Å². The number of hydrogen-bond donors (Lipinski definition) is 1. The molecular formula is C24H29NO5. The zero-order chi connectivity index (χ0) is 21.3. The topological polar surface area (TPSA) is 68.2 Å². The average Bonchev–Trinajstić information content (AvgIpc) is 2.73. The molecule has 30 heavy (non-hydrogen) atoms. The van der Waals surface area contributed by atoms with Gasteiger partial charge < -0.3 is 24.2 Å². The number of phenols is 1. The number of phenolic OH excluding ortho intramolecular Hbond substituents is 1. The Balaban J connectivity index is 1.65. The van der Waals surface area contributed by atoms with Gasteiger partial charge in [-0.2, -0.15) is 0 Å². The highest BCUT2D eigenvalue weighted by Crippen LogP contribution is 2.45. The van der Waals surface area contributed by atoms with Gasteiger partial charge in [0, 0.05) is 30.9 Å². The SMILES string of the molecule is CCC1C(=O)c2c(O)cc(N3CCOCC3)cc2OC1(C)COc1ccccc1C. The second-order valence-corrected chi connectivity index (χ2v) is 8.23. The molecule has 2 aliphatic heterocycles. The molecule has 0 radical (unpaired) electrons. The Kier molecular flexibility index (Phi) is 5.60. The van der Waals surface area contributed by atoms with E-state index in [4.69, 9.17) is 14.2 Å². The van der Waals surface area contributed by atoms with Crippen LogP contribution in [-0.4, -0.2) is 49.4 Å². The summed E-state index contributed by atoms with van der Waals surface area (Å²) >= 11 is 0. The predicted molar refractivity (Wildman–Crippen MR) is 115 cm³/mol. The number of carbonyl (C=O) groups is 1. The lowest BCUT2D eigenvalue weighted by Crippen LogP contribution is -2.52. The molecule has 2 aromatic rings. The molecule has 0 aromatic heterocycles. The molecule has 160 valence electrons. The smallest absolute Gasteiger partial charge is 0.177 e. The van der Waals surface area contributed by atoms with E-state index in [2.05, 4.69) is 4.90 Å². The fourth-order valence-corrected chi connectivity index (χ4v) is 4.38. The van der Waals surface area contributed by atoms with Gasteiger partial charge in [-0.3, -0.25) is 4.79 Å². The molecule has 6 heteroatoms. The average molecular weight is 411 g/mol. The Morgan fingerprint density at radius 1 is 1.23 bits per heavy atom. The van der Waals surface area contributed by atoms with Gasteiger partial charge in [-0.05, 0) is 31.9 Å². The first kappa shape index (κ1) is 20.5. The van der Waals surface area contributed by atoms with Crippen LogP contribution in [0.4, 0.5) is 5.69 Å². The summed E-state index contributed by atoms with van der Waals surface area (Å²) in [5.41, 5.74) is 1.30. The van der Waals surface area contributed by atoms with Gasteiger partial charge in [-0.1, -0.05) is 25.1 Å². The molecule has 2 heterocycles. The monoisotopic (exact) mass is 411 g/mol. The highest BCUT2D eigenvalue weighted by atomic mass is 16.5. The zero-order valence-electron chi connectivity index (χ0n) is 17.8. The number of morpholine rings is 1. The third-order valence-corrected chi connectivity index (χ3v) is 6.10. The molecule has 2 atom stereocenters. The summed E-state index contributed by atoms with van der Waals surface area (Å²) < 4.78 is 17.9. The molecule has 2 unspecified atom stereocenters. The van der Waals surface area contributed by atoms with E-state index in [1.807, 2.05) is 51.1 Å². The molecule has 4 rings (SSSR count). The fraction of sp³-hybridized carbons (Fsp3) is 0.458. The number of anilines is 1. The molecule has 1 saturated heterocycles. The highest BCUT2D eigenvalue weighted by Gasteiger charge is 2.47. The summed E-state index contributed by atoms with van der Waals surface area (Å²) in [5, 5.41) is 10.7. The van der Waals surface area contributed by atoms with Crippen molar-refractivity contribution in [3.05, 3.63) is 47.5 Å². The number of aromatic hydroxyl groups is 1. The number of para-hydroxylation sites is 1. The van der Waals surface area contributed by atoms with Crippen molar-refractivity contribution < 1.29 is 24.1 Å². The molecule has 6 nitrogen and oxygen atoms in total. The molecule has 2 aromatic carbocycles. The Morgan fingerprint density at radius 3 is 2.67 bits per heavy atom. The van der Waals surface area contributed by atoms with Crippen molar-refractivity contribution in [2.24, 2.45) is 5.92 Å². The summed E-state index contributed by atoms with van der Waals surface area (Å²) in [6.45, 7) is 8.85. The largest absolute Gasteiger partial charge is 0.507 e. The second-order valence-electron chi connectivity index (χ2n) is 8.23. The Bertz CT molecular complexity index is 937. The second kappa shape index (κ2) is 8.19. The minimum atomic E-state index is -0.836. The maximum absolute atomic E-state index is 13.3. The summed E-state index contributed by atoms with van der Waals surface area (Å²) in [7, 11) is 0. The molecular weight excluding hydrogens is 382 g/mol. The van der Waals surface area contributed by atoms with Crippen LogP contribution in [0, 0.1) is 12.8 Å². The van der Waals surface area contributed by atoms with Gasteiger partial charge in [0.05, 0.1) is 19.1 Å². The van der Waals surface area contributed by atoms with E-state index >= 15 is 0 Å². The number of ether oxygens (including phenoxy) is 3.